The number of piperazine rings is 1. The minimum absolute atomic E-state index is 0.149. The van der Waals surface area contributed by atoms with Gasteiger partial charge in [-0.05, 0) is 20.0 Å². The van der Waals surface area contributed by atoms with E-state index in [1.165, 1.54) is 53.4 Å². The number of phenolic OH excluding ortho intramolecular Hbond substituents is 3. The number of likely N-dealkylation sites (N-methyl/N-ethyl adjacent to an activating group) is 1. The predicted molar refractivity (Wildman–Crippen MR) is 217 cm³/mol. The van der Waals surface area contributed by atoms with Crippen molar-refractivity contribution in [3.05, 3.63) is 53.3 Å². The number of allylic oxidation sites excluding steroid dienone is 2. The molecule has 0 unspecified atom stereocenters. The number of aliphatic hydroxyl groups is 2. The number of hydrogen-bond acceptors (Lipinski definition) is 16. The molecule has 0 aliphatic carbocycles. The third kappa shape index (κ3) is 9.18. The van der Waals surface area contributed by atoms with E-state index in [2.05, 4.69) is 15.3 Å². The van der Waals surface area contributed by atoms with E-state index in [-0.39, 0.29) is 38.9 Å². The summed E-state index contributed by atoms with van der Waals surface area (Å²) in [5.74, 6) is -8.27. The Kier molecular flexibility index (Phi) is 14.0. The molecule has 2 aromatic rings. The predicted octanol–water partition coefficient (Wildman–Crippen LogP) is 3.41. The molecular weight excluding hydrogens is 768 g/mol. The SMILES string of the molecule is CO[C@H]1[C@@H](OC(C)=O)[C@H](C)[C@H](O)[C@H](C)[C@@H](O)[C@@H](C)/C=C/C=C(/C)C(=O)Nc2c(C=NN3CCN(C)CC3)c(O)c3c4c(cc(O)c3c2O)O[C@](C)(O/C=C/[C@@H]1OC)C4=O. The zero-order valence-electron chi connectivity index (χ0n) is 34.8. The maximum atomic E-state index is 14.3. The van der Waals surface area contributed by atoms with Crippen molar-refractivity contribution in [2.75, 3.05) is 52.8 Å². The van der Waals surface area contributed by atoms with Crippen LogP contribution in [0.15, 0.2) is 47.3 Å². The Morgan fingerprint density at radius 3 is 2.27 bits per heavy atom. The van der Waals surface area contributed by atoms with Gasteiger partial charge >= 0.3 is 11.8 Å². The van der Waals surface area contributed by atoms with E-state index in [9.17, 15) is 39.9 Å². The average molecular weight is 825 g/mol. The number of methoxy groups -OCH3 is 2. The van der Waals surface area contributed by atoms with Crippen LogP contribution in [0.2, 0.25) is 0 Å². The molecule has 1 fully saturated rings. The van der Waals surface area contributed by atoms with E-state index in [4.69, 9.17) is 23.7 Å². The summed E-state index contributed by atoms with van der Waals surface area (Å²) in [6, 6.07) is 1.10. The Balaban J connectivity index is 1.69. The maximum Gasteiger partial charge on any atom is 0.312 e. The van der Waals surface area contributed by atoms with E-state index in [0.717, 1.165) is 12.3 Å². The standard InChI is InChI=1S/C42H56N4O13/c1-21-11-10-12-22(2)41(54)44-33-26(20-43-46-16-14-45(7)15-17-46)36(51)32-30(37(33)52)27(48)19-29-31(32)40(53)42(6,59-29)57-18-13-28(55-8)39(56-9)38(58-25(5)47)24(4)35(50)23(3)34(21)49/h10-13,18-21,23-24,28,34-35,38-39,48-52H,14-17H2,1-9H3,(H,44,54)/b11-10+,18-13+,22-12-,43-20?/t21-,23+,24+,28-,34-,35+,38-,39+,42-/m0/s1. The molecule has 4 aliphatic heterocycles. The van der Waals surface area contributed by atoms with Crippen molar-refractivity contribution < 1.29 is 63.6 Å². The topological polar surface area (TPSA) is 229 Å². The molecule has 59 heavy (non-hydrogen) atoms. The highest BCUT2D eigenvalue weighted by Crippen LogP contribution is 2.53. The highest BCUT2D eigenvalue weighted by atomic mass is 16.7. The molecule has 2 aromatic carbocycles. The number of carbonyl (C=O) groups excluding carboxylic acids is 3. The fourth-order valence-electron chi connectivity index (χ4n) is 7.62. The molecule has 1 saturated heterocycles. The Bertz CT molecular complexity index is 2040. The van der Waals surface area contributed by atoms with Crippen LogP contribution < -0.4 is 10.1 Å². The van der Waals surface area contributed by atoms with E-state index in [0.29, 0.717) is 26.2 Å². The van der Waals surface area contributed by atoms with E-state index in [1.807, 2.05) is 7.05 Å². The number of hydrogen-bond donors (Lipinski definition) is 6. The number of Topliss-reactive ketones (excluding diaryl/α,β-unsaturated/α-hetero) is 1. The van der Waals surface area contributed by atoms with Crippen LogP contribution in [-0.2, 0) is 28.5 Å². The van der Waals surface area contributed by atoms with Crippen LogP contribution >= 0.6 is 0 Å². The smallest absolute Gasteiger partial charge is 0.312 e. The lowest BCUT2D eigenvalue weighted by Crippen LogP contribution is -2.50. The number of esters is 1. The number of anilines is 1. The number of ketones is 1. The van der Waals surface area contributed by atoms with Crippen molar-refractivity contribution in [1.82, 2.24) is 9.91 Å². The fourth-order valence-corrected chi connectivity index (χ4v) is 7.62. The zero-order valence-corrected chi connectivity index (χ0v) is 34.8. The van der Waals surface area contributed by atoms with Crippen LogP contribution in [0.25, 0.3) is 10.8 Å². The molecule has 0 spiro atoms. The van der Waals surface area contributed by atoms with Gasteiger partial charge in [-0.1, -0.05) is 39.0 Å². The molecule has 17 nitrogen and oxygen atoms in total. The summed E-state index contributed by atoms with van der Waals surface area (Å²) in [6.45, 7) is 11.6. The van der Waals surface area contributed by atoms with Gasteiger partial charge in [0.2, 0.25) is 0 Å². The molecule has 0 saturated carbocycles. The zero-order chi connectivity index (χ0) is 43.5. The van der Waals surface area contributed by atoms with Crippen molar-refractivity contribution in [3.63, 3.8) is 0 Å². The van der Waals surface area contributed by atoms with Gasteiger partial charge < -0.3 is 59.4 Å². The Hall–Kier alpha value is -5.20. The summed E-state index contributed by atoms with van der Waals surface area (Å²) in [6.07, 6.45) is 3.05. The van der Waals surface area contributed by atoms with Gasteiger partial charge in [0.1, 0.15) is 35.6 Å². The van der Waals surface area contributed by atoms with Gasteiger partial charge in [-0.2, -0.15) is 5.10 Å². The van der Waals surface area contributed by atoms with E-state index in [1.54, 1.807) is 37.9 Å². The molecule has 4 aliphatic rings. The van der Waals surface area contributed by atoms with Gasteiger partial charge in [0.05, 0.1) is 46.9 Å². The number of hydrazone groups is 1. The number of phenols is 3. The number of nitrogens with one attached hydrogen (secondary N) is 1. The monoisotopic (exact) mass is 824 g/mol. The second-order valence-corrected chi connectivity index (χ2v) is 15.6. The molecule has 0 radical (unpaired) electrons. The van der Waals surface area contributed by atoms with Crippen LogP contribution in [0.1, 0.15) is 57.5 Å². The number of rotatable bonds is 5. The Morgan fingerprint density at radius 1 is 0.966 bits per heavy atom. The van der Waals surface area contributed by atoms with Crippen molar-refractivity contribution in [2.45, 2.75) is 77.8 Å². The molecule has 9 atom stereocenters. The molecule has 5 bridgehead atoms. The summed E-state index contributed by atoms with van der Waals surface area (Å²) in [7, 11) is 4.72. The average Bonchev–Trinajstić information content (AvgIpc) is 3.44. The van der Waals surface area contributed by atoms with Crippen LogP contribution in [0.3, 0.4) is 0 Å². The van der Waals surface area contributed by atoms with Crippen molar-refractivity contribution >= 4 is 40.3 Å². The Morgan fingerprint density at radius 2 is 1.64 bits per heavy atom. The summed E-state index contributed by atoms with van der Waals surface area (Å²) >= 11 is 0. The van der Waals surface area contributed by atoms with Gasteiger partial charge in [0, 0.05) is 89.0 Å². The second kappa shape index (κ2) is 18.4. The molecule has 6 rings (SSSR count). The molecule has 0 aromatic heterocycles. The quantitative estimate of drug-likeness (QED) is 0.110. The van der Waals surface area contributed by atoms with Gasteiger partial charge in [-0.25, -0.2) is 0 Å². The first-order valence-corrected chi connectivity index (χ1v) is 19.4. The maximum absolute atomic E-state index is 14.3. The summed E-state index contributed by atoms with van der Waals surface area (Å²) in [5.41, 5.74) is -0.487. The summed E-state index contributed by atoms with van der Waals surface area (Å²) < 4.78 is 29.1. The second-order valence-electron chi connectivity index (χ2n) is 15.6. The number of aromatic hydroxyl groups is 3. The van der Waals surface area contributed by atoms with Crippen LogP contribution in [-0.4, -0.2) is 143 Å². The number of nitrogens with zero attached hydrogens (tertiary/aromatic N) is 3. The highest BCUT2D eigenvalue weighted by molar-refractivity contribution is 6.23. The molecular formula is C42H56N4O13. The molecule has 1 amide bonds. The van der Waals surface area contributed by atoms with Gasteiger partial charge in [-0.3, -0.25) is 19.4 Å². The molecule has 6 N–H and O–H groups in total. The molecule has 322 valence electrons. The molecule has 17 heteroatoms. The highest BCUT2D eigenvalue weighted by Gasteiger charge is 2.49. The van der Waals surface area contributed by atoms with Crippen LogP contribution in [0.4, 0.5) is 5.69 Å². The minimum Gasteiger partial charge on any atom is -0.507 e. The minimum atomic E-state index is -2.08. The number of ether oxygens (including phenoxy) is 5. The number of carbonyl (C=O) groups is 3. The lowest BCUT2D eigenvalue weighted by molar-refractivity contribution is -0.173. The third-order valence-corrected chi connectivity index (χ3v) is 11.4. The lowest BCUT2D eigenvalue weighted by atomic mass is 9.80. The number of aliphatic hydroxyl groups excluding tert-OH is 2. The number of fused-ring (bicyclic) bond motifs is 14. The third-order valence-electron chi connectivity index (χ3n) is 11.4. The lowest BCUT2D eigenvalue weighted by Gasteiger charge is -2.38. The summed E-state index contributed by atoms with van der Waals surface area (Å²) in [4.78, 5) is 42.5. The molecule has 4 heterocycles. The number of benzene rings is 2. The van der Waals surface area contributed by atoms with Crippen molar-refractivity contribution in [3.8, 4) is 23.0 Å². The summed E-state index contributed by atoms with van der Waals surface area (Å²) in [5, 5.41) is 66.3. The Labute approximate surface area is 343 Å². The fraction of sp³-hybridized carbons (Fsp3) is 0.524. The van der Waals surface area contributed by atoms with Crippen molar-refractivity contribution in [1.29, 1.82) is 0 Å². The number of amides is 1. The first-order valence-electron chi connectivity index (χ1n) is 19.4. The van der Waals surface area contributed by atoms with E-state index >= 15 is 0 Å². The first kappa shape index (κ1) is 44.9. The van der Waals surface area contributed by atoms with Crippen LogP contribution in [0.5, 0.6) is 23.0 Å². The first-order chi connectivity index (χ1) is 27.8. The van der Waals surface area contributed by atoms with Crippen LogP contribution in [0, 0.1) is 17.8 Å². The van der Waals surface area contributed by atoms with Crippen molar-refractivity contribution in [2.24, 2.45) is 22.9 Å². The largest absolute Gasteiger partial charge is 0.507 e. The van der Waals surface area contributed by atoms with Gasteiger partial charge in [0.15, 0.2) is 5.75 Å². The van der Waals surface area contributed by atoms with Gasteiger partial charge in [-0.15, -0.1) is 0 Å². The normalized spacial score (nSPS) is 32.1. The van der Waals surface area contributed by atoms with E-state index < -0.39 is 89.0 Å². The van der Waals surface area contributed by atoms with Gasteiger partial charge in [0.25, 0.3) is 11.7 Å².